The van der Waals surface area contributed by atoms with Gasteiger partial charge in [0.2, 0.25) is 6.29 Å². The van der Waals surface area contributed by atoms with Crippen LogP contribution in [0.4, 0.5) is 0 Å². The van der Waals surface area contributed by atoms with Gasteiger partial charge >= 0.3 is 0 Å². The number of nitrogens with zero attached hydrogens (tertiary/aromatic N) is 2. The molecular weight excluding hydrogens is 440 g/mol. The second kappa shape index (κ2) is 10.8. The van der Waals surface area contributed by atoms with Crippen LogP contribution in [-0.2, 0) is 12.1 Å². The summed E-state index contributed by atoms with van der Waals surface area (Å²) < 4.78 is 19.1. The lowest BCUT2D eigenvalue weighted by Gasteiger charge is -2.21. The van der Waals surface area contributed by atoms with Gasteiger partial charge in [0.25, 0.3) is 5.56 Å². The van der Waals surface area contributed by atoms with Crippen LogP contribution in [-0.4, -0.2) is 16.1 Å². The maximum Gasteiger partial charge on any atom is 0.289 e. The lowest BCUT2D eigenvalue weighted by atomic mass is 10.1. The Labute approximate surface area is 200 Å². The Balaban J connectivity index is 1.62. The third-order valence-corrected chi connectivity index (χ3v) is 5.27. The molecule has 0 fully saturated rings. The van der Waals surface area contributed by atoms with Gasteiger partial charge in [-0.15, -0.1) is 0 Å². The molecule has 0 spiro atoms. The van der Waals surface area contributed by atoms with Gasteiger partial charge < -0.3 is 14.2 Å². The molecule has 176 valence electrons. The fourth-order valence-electron chi connectivity index (χ4n) is 3.12. The summed E-state index contributed by atoms with van der Waals surface area (Å²) in [6.07, 6.45) is 2.80. The minimum atomic E-state index is -0.464. The van der Waals surface area contributed by atoms with Crippen LogP contribution in [0.25, 0.3) is 0 Å². The van der Waals surface area contributed by atoms with Crippen molar-refractivity contribution in [2.24, 2.45) is 0 Å². The highest BCUT2D eigenvalue weighted by atomic mass is 35.5. The minimum Gasteiger partial charge on any atom is -0.485 e. The number of hydrogen-bond acceptors (Lipinski definition) is 5. The molecule has 7 heteroatoms. The van der Waals surface area contributed by atoms with Crippen molar-refractivity contribution < 1.29 is 14.2 Å². The maximum atomic E-state index is 12.5. The molecule has 0 aliphatic carbocycles. The Morgan fingerprint density at radius 3 is 2.12 bits per heavy atom. The van der Waals surface area contributed by atoms with E-state index in [9.17, 15) is 4.79 Å². The van der Waals surface area contributed by atoms with Crippen molar-refractivity contribution in [1.29, 1.82) is 0 Å². The summed E-state index contributed by atoms with van der Waals surface area (Å²) in [7, 11) is 0. The molecule has 0 bridgehead atoms. The topological polar surface area (TPSA) is 62.6 Å². The Morgan fingerprint density at radius 1 is 1.00 bits per heavy atom. The first-order chi connectivity index (χ1) is 15.7. The summed E-state index contributed by atoms with van der Waals surface area (Å²) >= 11 is 6.23. The molecule has 0 aliphatic rings. The third-order valence-electron chi connectivity index (χ3n) is 4.92. The number of hydrogen-bond donors (Lipinski definition) is 0. The molecule has 1 aromatic heterocycles. The van der Waals surface area contributed by atoms with Crippen LogP contribution in [0.3, 0.4) is 0 Å². The van der Waals surface area contributed by atoms with E-state index >= 15 is 0 Å². The summed E-state index contributed by atoms with van der Waals surface area (Å²) in [5.74, 6) is 1.75. The van der Waals surface area contributed by atoms with Gasteiger partial charge in [-0.05, 0) is 63.9 Å². The number of aromatic nitrogens is 2. The van der Waals surface area contributed by atoms with Gasteiger partial charge in [-0.1, -0.05) is 48.4 Å². The van der Waals surface area contributed by atoms with Crippen molar-refractivity contribution in [2.75, 3.05) is 0 Å². The Morgan fingerprint density at radius 2 is 1.58 bits per heavy atom. The molecule has 3 rings (SSSR count). The molecule has 1 heterocycles. The Bertz CT molecular complexity index is 1100. The predicted octanol–water partition coefficient (Wildman–Crippen LogP) is 6.12. The summed E-state index contributed by atoms with van der Waals surface area (Å²) in [5, 5.41) is 4.21. The van der Waals surface area contributed by atoms with Gasteiger partial charge in [0.15, 0.2) is 10.8 Å². The first kappa shape index (κ1) is 24.6. The van der Waals surface area contributed by atoms with Crippen LogP contribution in [0.1, 0.15) is 51.7 Å². The zero-order valence-electron chi connectivity index (χ0n) is 19.8. The van der Waals surface area contributed by atoms with Gasteiger partial charge in [-0.2, -0.15) is 5.10 Å². The van der Waals surface area contributed by atoms with Gasteiger partial charge in [0.05, 0.1) is 11.7 Å². The molecule has 3 aromatic rings. The standard InChI is InChI=1S/C26H31ClN2O4/c1-6-7-23(32-20-12-8-18(2)9-13-20)33-21-14-10-19(11-15-21)17-31-22-16-28-29(26(3,4)5)25(30)24(22)27/h8-16,23H,6-7,17H2,1-5H3. The highest BCUT2D eigenvalue weighted by Gasteiger charge is 2.20. The minimum absolute atomic E-state index is 0.0236. The van der Waals surface area contributed by atoms with E-state index < -0.39 is 5.54 Å². The molecule has 0 saturated carbocycles. The van der Waals surface area contributed by atoms with E-state index in [2.05, 4.69) is 12.0 Å². The van der Waals surface area contributed by atoms with Gasteiger partial charge in [-0.25, -0.2) is 4.68 Å². The summed E-state index contributed by atoms with van der Waals surface area (Å²) in [6, 6.07) is 15.5. The van der Waals surface area contributed by atoms with Crippen LogP contribution < -0.4 is 19.8 Å². The normalized spacial score (nSPS) is 12.3. The van der Waals surface area contributed by atoms with Crippen molar-refractivity contribution in [2.45, 2.75) is 65.9 Å². The number of benzene rings is 2. The average Bonchev–Trinajstić information content (AvgIpc) is 2.76. The van der Waals surface area contributed by atoms with Crippen molar-refractivity contribution in [1.82, 2.24) is 9.78 Å². The second-order valence-corrected chi connectivity index (χ2v) is 9.29. The van der Waals surface area contributed by atoms with Crippen molar-refractivity contribution in [3.8, 4) is 17.2 Å². The molecule has 0 N–H and O–H groups in total. The Hall–Kier alpha value is -2.99. The molecular formula is C26H31ClN2O4. The second-order valence-electron chi connectivity index (χ2n) is 8.91. The Kier molecular flexibility index (Phi) is 8.03. The SMILES string of the molecule is CCCC(Oc1ccc(C)cc1)Oc1ccc(COc2cnn(C(C)(C)C)c(=O)c2Cl)cc1. The summed E-state index contributed by atoms with van der Waals surface area (Å²) in [4.78, 5) is 12.5. The van der Waals surface area contributed by atoms with Crippen LogP contribution in [0.15, 0.2) is 59.5 Å². The maximum absolute atomic E-state index is 12.5. The van der Waals surface area contributed by atoms with E-state index in [0.717, 1.165) is 24.2 Å². The van der Waals surface area contributed by atoms with Crippen LogP contribution in [0, 0.1) is 6.92 Å². The zero-order chi connectivity index (χ0) is 24.0. The van der Waals surface area contributed by atoms with Gasteiger partial charge in [0.1, 0.15) is 18.1 Å². The van der Waals surface area contributed by atoms with Crippen LogP contribution >= 0.6 is 11.6 Å². The first-order valence-corrected chi connectivity index (χ1v) is 11.4. The molecule has 1 unspecified atom stereocenters. The molecule has 0 saturated heterocycles. The average molecular weight is 471 g/mol. The van der Waals surface area contributed by atoms with E-state index in [0.29, 0.717) is 5.75 Å². The zero-order valence-corrected chi connectivity index (χ0v) is 20.6. The predicted molar refractivity (Wildman–Crippen MR) is 130 cm³/mol. The van der Waals surface area contributed by atoms with Crippen molar-refractivity contribution in [3.63, 3.8) is 0 Å². The molecule has 0 aliphatic heterocycles. The fourth-order valence-corrected chi connectivity index (χ4v) is 3.30. The van der Waals surface area contributed by atoms with Gasteiger partial charge in [0, 0.05) is 6.42 Å². The quantitative estimate of drug-likeness (QED) is 0.352. The van der Waals surface area contributed by atoms with Crippen LogP contribution in [0.2, 0.25) is 5.02 Å². The van der Waals surface area contributed by atoms with Gasteiger partial charge in [-0.3, -0.25) is 4.79 Å². The van der Waals surface area contributed by atoms with E-state index in [4.69, 9.17) is 25.8 Å². The lowest BCUT2D eigenvalue weighted by molar-refractivity contribution is -0.00107. The van der Waals surface area contributed by atoms with E-state index in [1.165, 1.54) is 16.4 Å². The van der Waals surface area contributed by atoms with Crippen molar-refractivity contribution >= 4 is 11.6 Å². The molecule has 1 atom stereocenters. The number of halogens is 1. The third kappa shape index (κ3) is 6.75. The van der Waals surface area contributed by atoms with E-state index in [1.54, 1.807) is 0 Å². The molecule has 2 aromatic carbocycles. The first-order valence-electron chi connectivity index (χ1n) is 11.1. The van der Waals surface area contributed by atoms with E-state index in [1.807, 2.05) is 76.2 Å². The van der Waals surface area contributed by atoms with Crippen molar-refractivity contribution in [3.05, 3.63) is 81.2 Å². The summed E-state index contributed by atoms with van der Waals surface area (Å²) in [6.45, 7) is 10.0. The molecule has 33 heavy (non-hydrogen) atoms. The molecule has 0 amide bonds. The van der Waals surface area contributed by atoms with E-state index in [-0.39, 0.29) is 29.2 Å². The molecule has 6 nitrogen and oxygen atoms in total. The van der Waals surface area contributed by atoms with Crippen LogP contribution in [0.5, 0.6) is 17.2 Å². The highest BCUT2D eigenvalue weighted by molar-refractivity contribution is 6.31. The molecule has 0 radical (unpaired) electrons. The number of ether oxygens (including phenoxy) is 3. The number of aryl methyl sites for hydroxylation is 1. The number of rotatable bonds is 9. The largest absolute Gasteiger partial charge is 0.485 e. The monoisotopic (exact) mass is 470 g/mol. The highest BCUT2D eigenvalue weighted by Crippen LogP contribution is 2.23. The smallest absolute Gasteiger partial charge is 0.289 e. The fraction of sp³-hybridized carbons (Fsp3) is 0.385. The lowest BCUT2D eigenvalue weighted by Crippen LogP contribution is -2.36. The summed E-state index contributed by atoms with van der Waals surface area (Å²) in [5.41, 5.74) is 1.25.